The number of ether oxygens (including phenoxy) is 2. The molecule has 2 aliphatic rings. The summed E-state index contributed by atoms with van der Waals surface area (Å²) in [6, 6.07) is 1.31. The summed E-state index contributed by atoms with van der Waals surface area (Å²) in [4.78, 5) is 0. The first-order chi connectivity index (χ1) is 8.28. The van der Waals surface area contributed by atoms with Gasteiger partial charge < -0.3 is 14.8 Å². The van der Waals surface area contributed by atoms with Crippen molar-refractivity contribution in [3.05, 3.63) is 0 Å². The number of nitrogens with one attached hydrogen (secondary N) is 1. The smallest absolute Gasteiger partial charge is 0.0692 e. The van der Waals surface area contributed by atoms with E-state index in [0.29, 0.717) is 12.1 Å². The second-order valence-corrected chi connectivity index (χ2v) is 5.48. The van der Waals surface area contributed by atoms with Crippen molar-refractivity contribution < 1.29 is 9.47 Å². The molecule has 0 aliphatic carbocycles. The Morgan fingerprint density at radius 1 is 1.00 bits per heavy atom. The third-order valence-electron chi connectivity index (χ3n) is 4.47. The van der Waals surface area contributed by atoms with E-state index in [4.69, 9.17) is 9.47 Å². The van der Waals surface area contributed by atoms with E-state index in [2.05, 4.69) is 19.2 Å². The van der Waals surface area contributed by atoms with Gasteiger partial charge in [0, 0.05) is 31.9 Å². The van der Waals surface area contributed by atoms with Crippen LogP contribution in [-0.2, 0) is 9.47 Å². The van der Waals surface area contributed by atoms with E-state index in [1.54, 1.807) is 0 Å². The van der Waals surface area contributed by atoms with E-state index in [9.17, 15) is 0 Å². The van der Waals surface area contributed by atoms with Crippen molar-refractivity contribution in [2.75, 3.05) is 19.8 Å². The Labute approximate surface area is 105 Å². The van der Waals surface area contributed by atoms with Crippen molar-refractivity contribution >= 4 is 0 Å². The summed E-state index contributed by atoms with van der Waals surface area (Å²) in [5, 5.41) is 3.82. The molecule has 0 radical (unpaired) electrons. The lowest BCUT2D eigenvalue weighted by atomic mass is 9.85. The van der Waals surface area contributed by atoms with Crippen molar-refractivity contribution in [2.24, 2.45) is 0 Å². The molecule has 1 unspecified atom stereocenters. The molecular weight excluding hydrogens is 214 g/mol. The number of hydrogen-bond donors (Lipinski definition) is 1. The quantitative estimate of drug-likeness (QED) is 0.820. The van der Waals surface area contributed by atoms with Gasteiger partial charge >= 0.3 is 0 Å². The van der Waals surface area contributed by atoms with Gasteiger partial charge in [-0.3, -0.25) is 0 Å². The maximum absolute atomic E-state index is 6.02. The van der Waals surface area contributed by atoms with E-state index < -0.39 is 0 Å². The van der Waals surface area contributed by atoms with Crippen LogP contribution in [0.1, 0.15) is 52.4 Å². The molecule has 3 heteroatoms. The molecule has 1 atom stereocenters. The van der Waals surface area contributed by atoms with E-state index in [1.807, 2.05) is 0 Å². The average Bonchev–Trinajstić information content (AvgIpc) is 2.40. The van der Waals surface area contributed by atoms with Gasteiger partial charge in [0.1, 0.15) is 0 Å². The standard InChI is InChI=1S/C14H27NO2/c1-3-14(4-2)11-13(7-10-17-14)15-12-5-8-16-9-6-12/h12-13,15H,3-11H2,1-2H3. The molecule has 0 aromatic carbocycles. The predicted octanol–water partition coefficient (Wildman–Crippen LogP) is 2.49. The third kappa shape index (κ3) is 3.43. The van der Waals surface area contributed by atoms with Crippen LogP contribution >= 0.6 is 0 Å². The highest BCUT2D eigenvalue weighted by atomic mass is 16.5. The van der Waals surface area contributed by atoms with Crippen molar-refractivity contribution in [1.29, 1.82) is 0 Å². The van der Waals surface area contributed by atoms with Gasteiger partial charge in [-0.25, -0.2) is 0 Å². The van der Waals surface area contributed by atoms with E-state index in [-0.39, 0.29) is 5.60 Å². The summed E-state index contributed by atoms with van der Waals surface area (Å²) in [5.41, 5.74) is 0.140. The normalized spacial score (nSPS) is 30.4. The molecule has 17 heavy (non-hydrogen) atoms. The molecule has 0 aromatic rings. The summed E-state index contributed by atoms with van der Waals surface area (Å²) < 4.78 is 11.4. The maximum Gasteiger partial charge on any atom is 0.0692 e. The van der Waals surface area contributed by atoms with Crippen molar-refractivity contribution in [3.63, 3.8) is 0 Å². The lowest BCUT2D eigenvalue weighted by Crippen LogP contribution is -2.50. The molecule has 2 aliphatic heterocycles. The van der Waals surface area contributed by atoms with Gasteiger partial charge in [-0.05, 0) is 38.5 Å². The van der Waals surface area contributed by atoms with Gasteiger partial charge in [-0.2, -0.15) is 0 Å². The Morgan fingerprint density at radius 3 is 2.29 bits per heavy atom. The Kier molecular flexibility index (Phi) is 4.83. The first-order valence-electron chi connectivity index (χ1n) is 7.26. The lowest BCUT2D eigenvalue weighted by molar-refractivity contribution is -0.0952. The zero-order chi connectivity index (χ0) is 12.1. The Hall–Kier alpha value is -0.120. The fourth-order valence-electron chi connectivity index (χ4n) is 3.11. The number of hydrogen-bond acceptors (Lipinski definition) is 3. The van der Waals surface area contributed by atoms with E-state index in [1.165, 1.54) is 25.7 Å². The van der Waals surface area contributed by atoms with Crippen molar-refractivity contribution in [2.45, 2.75) is 70.1 Å². The molecule has 3 nitrogen and oxygen atoms in total. The molecular formula is C14H27NO2. The van der Waals surface area contributed by atoms with Gasteiger partial charge in [-0.1, -0.05) is 13.8 Å². The Bertz CT molecular complexity index is 222. The molecule has 1 N–H and O–H groups in total. The lowest BCUT2D eigenvalue weighted by Gasteiger charge is -2.42. The monoisotopic (exact) mass is 241 g/mol. The summed E-state index contributed by atoms with van der Waals surface area (Å²) in [6.45, 7) is 7.27. The second-order valence-electron chi connectivity index (χ2n) is 5.48. The summed E-state index contributed by atoms with van der Waals surface area (Å²) in [6.07, 6.45) is 6.95. The minimum absolute atomic E-state index is 0.140. The Balaban J connectivity index is 1.84. The van der Waals surface area contributed by atoms with Crippen molar-refractivity contribution in [1.82, 2.24) is 5.32 Å². The van der Waals surface area contributed by atoms with Gasteiger partial charge in [0.05, 0.1) is 5.60 Å². The zero-order valence-electron chi connectivity index (χ0n) is 11.3. The largest absolute Gasteiger partial charge is 0.381 e. The van der Waals surface area contributed by atoms with Crippen LogP contribution in [0.4, 0.5) is 0 Å². The van der Waals surface area contributed by atoms with E-state index in [0.717, 1.165) is 32.7 Å². The second kappa shape index (κ2) is 6.17. The number of rotatable bonds is 4. The average molecular weight is 241 g/mol. The van der Waals surface area contributed by atoms with Gasteiger partial charge in [-0.15, -0.1) is 0 Å². The fraction of sp³-hybridized carbons (Fsp3) is 1.00. The zero-order valence-corrected chi connectivity index (χ0v) is 11.3. The van der Waals surface area contributed by atoms with Crippen molar-refractivity contribution in [3.8, 4) is 0 Å². The topological polar surface area (TPSA) is 30.5 Å². The molecule has 2 heterocycles. The Morgan fingerprint density at radius 2 is 1.65 bits per heavy atom. The van der Waals surface area contributed by atoms with Gasteiger partial charge in [0.15, 0.2) is 0 Å². The molecule has 100 valence electrons. The van der Waals surface area contributed by atoms with Crippen LogP contribution in [0.2, 0.25) is 0 Å². The summed E-state index contributed by atoms with van der Waals surface area (Å²) in [7, 11) is 0. The molecule has 0 saturated carbocycles. The minimum atomic E-state index is 0.140. The third-order valence-corrected chi connectivity index (χ3v) is 4.47. The molecule has 0 amide bonds. The SMILES string of the molecule is CCC1(CC)CC(NC2CCOCC2)CCO1. The van der Waals surface area contributed by atoms with Gasteiger partial charge in [0.2, 0.25) is 0 Å². The molecule has 2 fully saturated rings. The molecule has 2 saturated heterocycles. The highest BCUT2D eigenvalue weighted by Crippen LogP contribution is 2.31. The van der Waals surface area contributed by atoms with Crippen LogP contribution < -0.4 is 5.32 Å². The van der Waals surface area contributed by atoms with Crippen LogP contribution in [-0.4, -0.2) is 37.5 Å². The predicted molar refractivity (Wildman–Crippen MR) is 69.3 cm³/mol. The first-order valence-corrected chi connectivity index (χ1v) is 7.26. The molecule has 0 spiro atoms. The van der Waals surface area contributed by atoms with Crippen LogP contribution in [0.15, 0.2) is 0 Å². The molecule has 2 rings (SSSR count). The van der Waals surface area contributed by atoms with Crippen LogP contribution in [0.5, 0.6) is 0 Å². The maximum atomic E-state index is 6.02. The summed E-state index contributed by atoms with van der Waals surface area (Å²) in [5.74, 6) is 0. The minimum Gasteiger partial charge on any atom is -0.381 e. The summed E-state index contributed by atoms with van der Waals surface area (Å²) >= 11 is 0. The first kappa shape index (κ1) is 13.3. The highest BCUT2D eigenvalue weighted by Gasteiger charge is 2.35. The fourth-order valence-corrected chi connectivity index (χ4v) is 3.11. The molecule has 0 aromatic heterocycles. The molecule has 0 bridgehead atoms. The van der Waals surface area contributed by atoms with Gasteiger partial charge in [0.25, 0.3) is 0 Å². The van der Waals surface area contributed by atoms with E-state index >= 15 is 0 Å². The van der Waals surface area contributed by atoms with Crippen LogP contribution in [0.3, 0.4) is 0 Å². The van der Waals surface area contributed by atoms with Crippen LogP contribution in [0, 0.1) is 0 Å². The highest BCUT2D eigenvalue weighted by molar-refractivity contribution is 4.89. The van der Waals surface area contributed by atoms with Crippen LogP contribution in [0.25, 0.3) is 0 Å².